The van der Waals surface area contributed by atoms with Crippen molar-refractivity contribution in [2.75, 3.05) is 46.3 Å². The van der Waals surface area contributed by atoms with Crippen molar-refractivity contribution in [3.63, 3.8) is 0 Å². The number of hydrogen-bond donors (Lipinski definition) is 2. The van der Waals surface area contributed by atoms with Crippen LogP contribution in [-0.4, -0.2) is 74.8 Å². The van der Waals surface area contributed by atoms with Gasteiger partial charge in [0.25, 0.3) is 5.91 Å². The zero-order valence-corrected chi connectivity index (χ0v) is 15.6. The Labute approximate surface area is 160 Å². The third-order valence-corrected chi connectivity index (χ3v) is 4.00. The minimum absolute atomic E-state index is 0.0279. The van der Waals surface area contributed by atoms with Crippen molar-refractivity contribution >= 4 is 29.5 Å². The Balaban J connectivity index is 2.48. The fourth-order valence-electron chi connectivity index (χ4n) is 2.66. The Morgan fingerprint density at radius 1 is 1.00 bits per heavy atom. The minimum Gasteiger partial charge on any atom is -0.466 e. The van der Waals surface area contributed by atoms with E-state index in [-0.39, 0.29) is 47.8 Å². The number of amides is 1. The molecule has 0 unspecified atom stereocenters. The summed E-state index contributed by atoms with van der Waals surface area (Å²) in [4.78, 5) is 49.7. The van der Waals surface area contributed by atoms with Crippen molar-refractivity contribution < 1.29 is 38.5 Å². The normalized spacial score (nSPS) is 13.4. The molecule has 1 aliphatic heterocycles. The molecule has 10 nitrogen and oxygen atoms in total. The third kappa shape index (κ3) is 4.29. The van der Waals surface area contributed by atoms with Crippen molar-refractivity contribution in [1.29, 1.82) is 0 Å². The topological polar surface area (TPSA) is 131 Å². The van der Waals surface area contributed by atoms with E-state index >= 15 is 0 Å². The summed E-state index contributed by atoms with van der Waals surface area (Å²) < 4.78 is 14.0. The number of methoxy groups -OCH3 is 3. The monoisotopic (exact) mass is 392 g/mol. The van der Waals surface area contributed by atoms with Crippen molar-refractivity contribution in [3.8, 4) is 0 Å². The van der Waals surface area contributed by atoms with Gasteiger partial charge in [0.15, 0.2) is 0 Å². The number of benzene rings is 1. The predicted molar refractivity (Wildman–Crippen MR) is 95.5 cm³/mol. The lowest BCUT2D eigenvalue weighted by Crippen LogP contribution is -2.31. The Morgan fingerprint density at radius 2 is 1.54 bits per heavy atom. The molecule has 0 saturated heterocycles. The molecule has 1 amide bonds. The van der Waals surface area contributed by atoms with Gasteiger partial charge in [-0.05, 0) is 18.2 Å². The van der Waals surface area contributed by atoms with E-state index in [4.69, 9.17) is 9.84 Å². The van der Waals surface area contributed by atoms with Crippen LogP contribution in [0.15, 0.2) is 29.5 Å². The van der Waals surface area contributed by atoms with Gasteiger partial charge in [-0.3, -0.25) is 4.79 Å². The maximum absolute atomic E-state index is 12.6. The molecule has 0 spiro atoms. The molecule has 0 bridgehead atoms. The molecular weight excluding hydrogens is 372 g/mol. The standard InChI is InChI=1S/C18H20N2O8/c1-26-16(23)10-6-11(17(24)27-2)8-12(7-10)19-14-13(18(25)28-3)9-20(4-5-21)15(14)22/h6-8,19,21H,4-5,9H2,1-3H3. The van der Waals surface area contributed by atoms with Gasteiger partial charge >= 0.3 is 17.9 Å². The number of hydrogen-bond acceptors (Lipinski definition) is 9. The SMILES string of the molecule is COC(=O)C1=C(Nc2cc(C(=O)OC)cc(C(=O)OC)c2)C(=O)N(CCO)C1. The maximum atomic E-state index is 12.6. The van der Waals surface area contributed by atoms with Gasteiger partial charge in [0.05, 0.1) is 51.2 Å². The number of carbonyl (C=O) groups is 4. The highest BCUT2D eigenvalue weighted by molar-refractivity contribution is 6.09. The Kier molecular flexibility index (Phi) is 6.72. The summed E-state index contributed by atoms with van der Waals surface area (Å²) in [5, 5.41) is 11.9. The summed E-state index contributed by atoms with van der Waals surface area (Å²) >= 11 is 0. The van der Waals surface area contributed by atoms with Crippen LogP contribution in [0, 0.1) is 0 Å². The molecule has 0 atom stereocenters. The number of aliphatic hydroxyl groups excluding tert-OH is 1. The number of rotatable bonds is 7. The van der Waals surface area contributed by atoms with E-state index in [2.05, 4.69) is 14.8 Å². The largest absolute Gasteiger partial charge is 0.466 e. The molecule has 1 aliphatic rings. The van der Waals surface area contributed by atoms with Crippen LogP contribution >= 0.6 is 0 Å². The van der Waals surface area contributed by atoms with Crippen LogP contribution in [0.5, 0.6) is 0 Å². The summed E-state index contributed by atoms with van der Waals surface area (Å²) in [6.07, 6.45) is 0. The predicted octanol–water partition coefficient (Wildman–Crippen LogP) is -0.0667. The molecule has 1 heterocycles. The number of anilines is 1. The molecule has 2 rings (SSSR count). The highest BCUT2D eigenvalue weighted by Gasteiger charge is 2.34. The molecule has 1 aromatic carbocycles. The van der Waals surface area contributed by atoms with E-state index < -0.39 is 23.8 Å². The first-order valence-corrected chi connectivity index (χ1v) is 8.16. The van der Waals surface area contributed by atoms with Crippen LogP contribution in [0.4, 0.5) is 5.69 Å². The Hall–Kier alpha value is -3.40. The first kappa shape index (κ1) is 20.9. The number of ether oxygens (including phenoxy) is 3. The second kappa shape index (κ2) is 9.00. The van der Waals surface area contributed by atoms with E-state index in [1.807, 2.05) is 0 Å². The molecule has 0 aliphatic carbocycles. The maximum Gasteiger partial charge on any atom is 0.337 e. The average molecular weight is 392 g/mol. The number of β-amino-alcohol motifs (C(OH)–C–C–N with tert-alkyl or cyclic N) is 1. The summed E-state index contributed by atoms with van der Waals surface area (Å²) in [7, 11) is 3.55. The minimum atomic E-state index is -0.714. The summed E-state index contributed by atoms with van der Waals surface area (Å²) in [6.45, 7) is -0.299. The second-order valence-electron chi connectivity index (χ2n) is 5.70. The fourth-order valence-corrected chi connectivity index (χ4v) is 2.66. The van der Waals surface area contributed by atoms with Gasteiger partial charge in [-0.1, -0.05) is 0 Å². The Bertz CT molecular complexity index is 812. The lowest BCUT2D eigenvalue weighted by molar-refractivity contribution is -0.136. The lowest BCUT2D eigenvalue weighted by Gasteiger charge is -2.15. The molecule has 0 fully saturated rings. The molecule has 0 radical (unpaired) electrons. The average Bonchev–Trinajstić information content (AvgIpc) is 3.01. The number of aliphatic hydroxyl groups is 1. The van der Waals surface area contributed by atoms with Crippen LogP contribution < -0.4 is 5.32 Å². The van der Waals surface area contributed by atoms with Gasteiger partial charge in [0.2, 0.25) is 0 Å². The lowest BCUT2D eigenvalue weighted by atomic mass is 10.1. The van der Waals surface area contributed by atoms with Crippen molar-refractivity contribution in [3.05, 3.63) is 40.6 Å². The number of esters is 3. The fraction of sp³-hybridized carbons (Fsp3) is 0.333. The van der Waals surface area contributed by atoms with Crippen molar-refractivity contribution in [2.45, 2.75) is 0 Å². The molecule has 0 aromatic heterocycles. The first-order valence-electron chi connectivity index (χ1n) is 8.16. The van der Waals surface area contributed by atoms with E-state index in [0.717, 1.165) is 0 Å². The van der Waals surface area contributed by atoms with Gasteiger partial charge in [0, 0.05) is 12.2 Å². The van der Waals surface area contributed by atoms with E-state index in [1.165, 1.54) is 44.4 Å². The molecule has 28 heavy (non-hydrogen) atoms. The van der Waals surface area contributed by atoms with Gasteiger partial charge in [0.1, 0.15) is 5.70 Å². The molecule has 0 saturated carbocycles. The summed E-state index contributed by atoms with van der Waals surface area (Å²) in [5.74, 6) is -2.64. The first-order chi connectivity index (χ1) is 13.4. The van der Waals surface area contributed by atoms with Crippen LogP contribution in [0.3, 0.4) is 0 Å². The van der Waals surface area contributed by atoms with E-state index in [9.17, 15) is 19.2 Å². The van der Waals surface area contributed by atoms with Gasteiger partial charge in [-0.15, -0.1) is 0 Å². The zero-order valence-electron chi connectivity index (χ0n) is 15.6. The van der Waals surface area contributed by atoms with Crippen molar-refractivity contribution in [2.24, 2.45) is 0 Å². The van der Waals surface area contributed by atoms with Crippen molar-refractivity contribution in [1.82, 2.24) is 4.90 Å². The molecule has 1 aromatic rings. The van der Waals surface area contributed by atoms with Crippen LogP contribution in [0.1, 0.15) is 20.7 Å². The highest BCUT2D eigenvalue weighted by Crippen LogP contribution is 2.24. The smallest absolute Gasteiger partial charge is 0.337 e. The molecule has 2 N–H and O–H groups in total. The molecule has 10 heteroatoms. The number of nitrogens with one attached hydrogen (secondary N) is 1. The summed E-state index contributed by atoms with van der Waals surface area (Å²) in [5.41, 5.74) is 0.276. The quantitative estimate of drug-likeness (QED) is 0.483. The number of carbonyl (C=O) groups excluding carboxylic acids is 4. The Morgan fingerprint density at radius 3 is 2.00 bits per heavy atom. The van der Waals surface area contributed by atoms with Crippen LogP contribution in [0.25, 0.3) is 0 Å². The third-order valence-electron chi connectivity index (χ3n) is 4.00. The van der Waals surface area contributed by atoms with Gasteiger partial charge in [-0.2, -0.15) is 0 Å². The van der Waals surface area contributed by atoms with E-state index in [1.54, 1.807) is 0 Å². The van der Waals surface area contributed by atoms with Crippen LogP contribution in [-0.2, 0) is 23.8 Å². The summed E-state index contributed by atoms with van der Waals surface area (Å²) in [6, 6.07) is 4.01. The second-order valence-corrected chi connectivity index (χ2v) is 5.70. The highest BCUT2D eigenvalue weighted by atomic mass is 16.5. The van der Waals surface area contributed by atoms with Crippen LogP contribution in [0.2, 0.25) is 0 Å². The molecular formula is C18H20N2O8. The molecule has 150 valence electrons. The van der Waals surface area contributed by atoms with Gasteiger partial charge < -0.3 is 29.5 Å². The zero-order chi connectivity index (χ0) is 20.8. The number of nitrogens with zero attached hydrogens (tertiary/aromatic N) is 1. The van der Waals surface area contributed by atoms with Gasteiger partial charge in [-0.25, -0.2) is 14.4 Å². The van der Waals surface area contributed by atoms with E-state index in [0.29, 0.717) is 0 Å².